The van der Waals surface area contributed by atoms with Crippen molar-refractivity contribution in [1.82, 2.24) is 4.57 Å². The Morgan fingerprint density at radius 1 is 1.00 bits per heavy atom. The van der Waals surface area contributed by atoms with Crippen molar-refractivity contribution >= 4 is 10.9 Å². The average Bonchev–Trinajstić information content (AvgIpc) is 2.86. The Hall–Kier alpha value is -2.27. The molecule has 0 aliphatic carbocycles. The molecule has 23 heavy (non-hydrogen) atoms. The third-order valence-corrected chi connectivity index (χ3v) is 3.89. The lowest BCUT2D eigenvalue weighted by atomic mass is 10.1. The number of para-hydroxylation sites is 1. The van der Waals surface area contributed by atoms with E-state index in [1.165, 1.54) is 12.1 Å². The van der Waals surface area contributed by atoms with Gasteiger partial charge in [-0.2, -0.15) is 13.2 Å². The van der Waals surface area contributed by atoms with Gasteiger partial charge in [0.1, 0.15) is 0 Å². The molecule has 0 saturated heterocycles. The van der Waals surface area contributed by atoms with Crippen molar-refractivity contribution < 1.29 is 13.2 Å². The Balaban J connectivity index is 1.99. The molecule has 3 aromatic rings. The van der Waals surface area contributed by atoms with Crippen molar-refractivity contribution in [3.05, 3.63) is 71.4 Å². The van der Waals surface area contributed by atoms with Gasteiger partial charge in [-0.15, -0.1) is 0 Å². The van der Waals surface area contributed by atoms with E-state index in [2.05, 4.69) is 0 Å². The molecule has 0 spiro atoms. The van der Waals surface area contributed by atoms with E-state index in [4.69, 9.17) is 5.73 Å². The summed E-state index contributed by atoms with van der Waals surface area (Å²) in [5, 5.41) is 1.10. The van der Waals surface area contributed by atoms with Gasteiger partial charge in [-0.05, 0) is 42.3 Å². The van der Waals surface area contributed by atoms with Crippen LogP contribution in [0.15, 0.2) is 54.7 Å². The van der Waals surface area contributed by atoms with Crippen molar-refractivity contribution in [1.29, 1.82) is 0 Å². The van der Waals surface area contributed by atoms with Gasteiger partial charge in [0.25, 0.3) is 0 Å². The molecule has 0 radical (unpaired) electrons. The number of rotatable bonds is 4. The van der Waals surface area contributed by atoms with Gasteiger partial charge in [-0.25, -0.2) is 0 Å². The van der Waals surface area contributed by atoms with Crippen LogP contribution in [0.4, 0.5) is 13.2 Å². The molecule has 0 amide bonds. The first-order valence-electron chi connectivity index (χ1n) is 7.42. The topological polar surface area (TPSA) is 30.9 Å². The maximum Gasteiger partial charge on any atom is 0.416 e. The minimum atomic E-state index is -4.32. The van der Waals surface area contributed by atoms with E-state index in [0.29, 0.717) is 18.7 Å². The Bertz CT molecular complexity index is 818. The van der Waals surface area contributed by atoms with Crippen LogP contribution in [0.1, 0.15) is 16.7 Å². The Kier molecular flexibility index (Phi) is 4.13. The van der Waals surface area contributed by atoms with Gasteiger partial charge >= 0.3 is 6.18 Å². The zero-order chi connectivity index (χ0) is 16.4. The summed E-state index contributed by atoms with van der Waals surface area (Å²) in [7, 11) is 0. The fourth-order valence-corrected chi connectivity index (χ4v) is 2.85. The molecular weight excluding hydrogens is 301 g/mol. The van der Waals surface area contributed by atoms with Gasteiger partial charge in [0, 0.05) is 23.6 Å². The van der Waals surface area contributed by atoms with Crippen LogP contribution in [0.2, 0.25) is 0 Å². The van der Waals surface area contributed by atoms with Crippen LogP contribution >= 0.6 is 0 Å². The van der Waals surface area contributed by atoms with Crippen LogP contribution in [0, 0.1) is 0 Å². The maximum absolute atomic E-state index is 12.8. The first-order chi connectivity index (χ1) is 11.0. The van der Waals surface area contributed by atoms with Crippen molar-refractivity contribution in [2.75, 3.05) is 6.54 Å². The van der Waals surface area contributed by atoms with Crippen molar-refractivity contribution in [2.45, 2.75) is 19.1 Å². The van der Waals surface area contributed by atoms with Crippen LogP contribution in [-0.2, 0) is 19.1 Å². The number of fused-ring (bicyclic) bond motifs is 1. The van der Waals surface area contributed by atoms with E-state index in [9.17, 15) is 13.2 Å². The summed E-state index contributed by atoms with van der Waals surface area (Å²) in [6.07, 6.45) is -1.59. The number of nitrogens with zero attached hydrogens (tertiary/aromatic N) is 1. The molecule has 0 atom stereocenters. The van der Waals surface area contributed by atoms with Gasteiger partial charge in [0.05, 0.1) is 5.56 Å². The second-order valence-electron chi connectivity index (χ2n) is 5.54. The summed E-state index contributed by atoms with van der Waals surface area (Å²) in [5.41, 5.74) is 7.78. The molecule has 0 unspecified atom stereocenters. The van der Waals surface area contributed by atoms with E-state index in [0.717, 1.165) is 29.0 Å². The molecule has 1 aromatic heterocycles. The Labute approximate surface area is 132 Å². The highest BCUT2D eigenvalue weighted by molar-refractivity contribution is 5.84. The highest BCUT2D eigenvalue weighted by atomic mass is 19.4. The zero-order valence-corrected chi connectivity index (χ0v) is 12.5. The molecule has 0 bridgehead atoms. The maximum atomic E-state index is 12.8. The number of benzene rings is 2. The average molecular weight is 318 g/mol. The minimum Gasteiger partial charge on any atom is -0.343 e. The number of alkyl halides is 3. The Morgan fingerprint density at radius 3 is 2.52 bits per heavy atom. The van der Waals surface area contributed by atoms with Crippen LogP contribution in [0.3, 0.4) is 0 Å². The molecular formula is C18H17F3N2. The van der Waals surface area contributed by atoms with Crippen molar-refractivity contribution in [3.8, 4) is 0 Å². The number of aromatic nitrogens is 1. The predicted octanol–water partition coefficient (Wildman–Crippen LogP) is 4.21. The molecule has 0 aliphatic rings. The summed E-state index contributed by atoms with van der Waals surface area (Å²) in [6.45, 7) is 0.937. The van der Waals surface area contributed by atoms with Crippen LogP contribution in [0.5, 0.6) is 0 Å². The fourth-order valence-electron chi connectivity index (χ4n) is 2.85. The van der Waals surface area contributed by atoms with E-state index in [1.807, 2.05) is 35.0 Å². The smallest absolute Gasteiger partial charge is 0.343 e. The van der Waals surface area contributed by atoms with E-state index in [-0.39, 0.29) is 0 Å². The second kappa shape index (κ2) is 6.08. The summed E-state index contributed by atoms with van der Waals surface area (Å²) in [4.78, 5) is 0. The standard InChI is InChI=1S/C18H17F3N2/c19-18(20,21)15-5-3-4-13(10-15)11-23-12-14(8-9-22)16-6-1-2-7-17(16)23/h1-7,10,12H,8-9,11,22H2. The number of halogens is 3. The summed E-state index contributed by atoms with van der Waals surface area (Å²) in [5.74, 6) is 0. The molecule has 3 rings (SSSR count). The van der Waals surface area contributed by atoms with Gasteiger partial charge in [-0.1, -0.05) is 30.3 Å². The first kappa shape index (κ1) is 15.6. The molecule has 120 valence electrons. The van der Waals surface area contributed by atoms with Gasteiger partial charge < -0.3 is 10.3 Å². The predicted molar refractivity (Wildman–Crippen MR) is 85.2 cm³/mol. The lowest BCUT2D eigenvalue weighted by molar-refractivity contribution is -0.137. The monoisotopic (exact) mass is 318 g/mol. The Morgan fingerprint density at radius 2 is 1.78 bits per heavy atom. The van der Waals surface area contributed by atoms with Crippen molar-refractivity contribution in [2.24, 2.45) is 5.73 Å². The quantitative estimate of drug-likeness (QED) is 0.767. The lowest BCUT2D eigenvalue weighted by Gasteiger charge is -2.10. The van der Waals surface area contributed by atoms with Crippen LogP contribution in [-0.4, -0.2) is 11.1 Å². The van der Waals surface area contributed by atoms with E-state index >= 15 is 0 Å². The zero-order valence-electron chi connectivity index (χ0n) is 12.5. The highest BCUT2D eigenvalue weighted by Gasteiger charge is 2.30. The first-order valence-corrected chi connectivity index (χ1v) is 7.42. The van der Waals surface area contributed by atoms with Gasteiger partial charge in [0.15, 0.2) is 0 Å². The van der Waals surface area contributed by atoms with E-state index in [1.54, 1.807) is 6.07 Å². The van der Waals surface area contributed by atoms with Gasteiger partial charge in [0.2, 0.25) is 0 Å². The molecule has 2 nitrogen and oxygen atoms in total. The normalized spacial score (nSPS) is 12.0. The molecule has 0 saturated carbocycles. The molecule has 0 fully saturated rings. The molecule has 2 N–H and O–H groups in total. The summed E-state index contributed by atoms with van der Waals surface area (Å²) < 4.78 is 40.5. The second-order valence-corrected chi connectivity index (χ2v) is 5.54. The molecule has 0 aliphatic heterocycles. The minimum absolute atomic E-state index is 0.398. The fraction of sp³-hybridized carbons (Fsp3) is 0.222. The van der Waals surface area contributed by atoms with Crippen LogP contribution in [0.25, 0.3) is 10.9 Å². The number of hydrogen-bond acceptors (Lipinski definition) is 1. The lowest BCUT2D eigenvalue weighted by Crippen LogP contribution is -2.06. The molecule has 5 heteroatoms. The third-order valence-electron chi connectivity index (χ3n) is 3.89. The largest absolute Gasteiger partial charge is 0.416 e. The number of hydrogen-bond donors (Lipinski definition) is 1. The SMILES string of the molecule is NCCc1cn(Cc2cccc(C(F)(F)F)c2)c2ccccc12. The molecule has 2 aromatic carbocycles. The van der Waals surface area contributed by atoms with Crippen molar-refractivity contribution in [3.63, 3.8) is 0 Å². The van der Waals surface area contributed by atoms with Crippen LogP contribution < -0.4 is 5.73 Å². The molecule has 1 heterocycles. The van der Waals surface area contributed by atoms with Gasteiger partial charge in [-0.3, -0.25) is 0 Å². The van der Waals surface area contributed by atoms with E-state index < -0.39 is 11.7 Å². The summed E-state index contributed by atoms with van der Waals surface area (Å²) >= 11 is 0. The highest BCUT2D eigenvalue weighted by Crippen LogP contribution is 2.30. The third kappa shape index (κ3) is 3.24. The number of nitrogens with two attached hydrogens (primary N) is 1. The summed E-state index contributed by atoms with van der Waals surface area (Å²) in [6, 6.07) is 13.3.